The van der Waals surface area contributed by atoms with E-state index in [2.05, 4.69) is 24.3 Å². The third-order valence-corrected chi connectivity index (χ3v) is 5.79. The molecule has 0 spiro atoms. The minimum atomic E-state index is -0.503. The van der Waals surface area contributed by atoms with Crippen LogP contribution in [-0.4, -0.2) is 36.8 Å². The number of nitriles is 1. The Morgan fingerprint density at radius 3 is 2.58 bits per heavy atom. The van der Waals surface area contributed by atoms with E-state index in [1.807, 2.05) is 56.0 Å². The molecule has 5 nitrogen and oxygen atoms in total. The lowest BCUT2D eigenvalue weighted by molar-refractivity contribution is 0.0139. The van der Waals surface area contributed by atoms with Gasteiger partial charge in [-0.05, 0) is 87.3 Å². The maximum Gasteiger partial charge on any atom is 0.410 e. The van der Waals surface area contributed by atoms with Gasteiger partial charge in [-0.25, -0.2) is 4.79 Å². The fourth-order valence-corrected chi connectivity index (χ4v) is 4.26. The molecule has 1 aliphatic heterocycles. The summed E-state index contributed by atoms with van der Waals surface area (Å²) in [5.74, 6) is 1.52. The molecule has 0 saturated carbocycles. The highest BCUT2D eigenvalue weighted by Crippen LogP contribution is 2.37. The quantitative estimate of drug-likeness (QED) is 0.637. The first-order valence-electron chi connectivity index (χ1n) is 10.9. The fourth-order valence-electron chi connectivity index (χ4n) is 4.26. The summed E-state index contributed by atoms with van der Waals surface area (Å²) in [7, 11) is 1.67. The second kappa shape index (κ2) is 9.87. The SMILES string of the molecule is COc1ccc([C@@H]2CCN(C(=O)OC(C)(C)C)C[C@H]2CCc2cccc(C#N)c2)cc1. The standard InChI is InChI=1S/C26H32N2O3/c1-26(2,3)31-25(29)28-15-14-24(21-10-12-23(30-4)13-11-21)22(18-28)9-8-19-6-5-7-20(16-19)17-27/h5-7,10-13,16,22,24H,8-9,14-15,18H2,1-4H3/t22-,24+/m1/s1. The summed E-state index contributed by atoms with van der Waals surface area (Å²) in [5, 5.41) is 9.18. The van der Waals surface area contributed by atoms with Gasteiger partial charge in [-0.2, -0.15) is 5.26 Å². The Kier molecular flexibility index (Phi) is 7.22. The van der Waals surface area contributed by atoms with Crippen LogP contribution in [0.25, 0.3) is 0 Å². The van der Waals surface area contributed by atoms with E-state index >= 15 is 0 Å². The number of benzene rings is 2. The number of rotatable bonds is 5. The van der Waals surface area contributed by atoms with Gasteiger partial charge in [0.05, 0.1) is 18.7 Å². The maximum absolute atomic E-state index is 12.7. The van der Waals surface area contributed by atoms with E-state index in [-0.39, 0.29) is 6.09 Å². The van der Waals surface area contributed by atoms with Gasteiger partial charge in [0, 0.05) is 13.1 Å². The second-order valence-corrected chi connectivity index (χ2v) is 9.21. The van der Waals surface area contributed by atoms with Crippen LogP contribution in [0.1, 0.15) is 56.2 Å². The van der Waals surface area contributed by atoms with Crippen molar-refractivity contribution in [2.24, 2.45) is 5.92 Å². The number of likely N-dealkylation sites (tertiary alicyclic amines) is 1. The van der Waals surface area contributed by atoms with Crippen molar-refractivity contribution in [3.05, 3.63) is 65.2 Å². The summed E-state index contributed by atoms with van der Waals surface area (Å²) >= 11 is 0. The summed E-state index contributed by atoms with van der Waals surface area (Å²) in [4.78, 5) is 14.5. The zero-order chi connectivity index (χ0) is 22.4. The van der Waals surface area contributed by atoms with E-state index in [1.54, 1.807) is 7.11 Å². The van der Waals surface area contributed by atoms with Crippen LogP contribution in [0.4, 0.5) is 4.79 Å². The van der Waals surface area contributed by atoms with Gasteiger partial charge >= 0.3 is 6.09 Å². The number of methoxy groups -OCH3 is 1. The number of nitrogens with zero attached hydrogens (tertiary/aromatic N) is 2. The molecular weight excluding hydrogens is 388 g/mol. The van der Waals surface area contributed by atoms with Crippen LogP contribution in [0.15, 0.2) is 48.5 Å². The maximum atomic E-state index is 12.7. The summed E-state index contributed by atoms with van der Waals surface area (Å²) < 4.78 is 10.9. The number of carbonyl (C=O) groups excluding carboxylic acids is 1. The number of aryl methyl sites for hydroxylation is 1. The van der Waals surface area contributed by atoms with E-state index in [4.69, 9.17) is 9.47 Å². The summed E-state index contributed by atoms with van der Waals surface area (Å²) in [6.07, 6.45) is 2.46. The lowest BCUT2D eigenvalue weighted by Gasteiger charge is -2.39. The van der Waals surface area contributed by atoms with Crippen LogP contribution in [-0.2, 0) is 11.2 Å². The fraction of sp³-hybridized carbons (Fsp3) is 0.462. The molecule has 1 saturated heterocycles. The molecule has 3 rings (SSSR count). The second-order valence-electron chi connectivity index (χ2n) is 9.21. The van der Waals surface area contributed by atoms with E-state index in [9.17, 15) is 10.1 Å². The van der Waals surface area contributed by atoms with Gasteiger partial charge in [0.15, 0.2) is 0 Å². The van der Waals surface area contributed by atoms with E-state index in [0.29, 0.717) is 30.5 Å². The number of amides is 1. The minimum Gasteiger partial charge on any atom is -0.497 e. The zero-order valence-corrected chi connectivity index (χ0v) is 18.9. The highest BCUT2D eigenvalue weighted by Gasteiger charge is 2.34. The first kappa shape index (κ1) is 22.7. The lowest BCUT2D eigenvalue weighted by Crippen LogP contribution is -2.45. The van der Waals surface area contributed by atoms with Crippen LogP contribution in [0.2, 0.25) is 0 Å². The van der Waals surface area contributed by atoms with Crippen molar-refractivity contribution in [2.75, 3.05) is 20.2 Å². The van der Waals surface area contributed by atoms with Gasteiger partial charge in [-0.3, -0.25) is 0 Å². The van der Waals surface area contributed by atoms with Gasteiger partial charge < -0.3 is 14.4 Å². The molecule has 2 atom stereocenters. The summed E-state index contributed by atoms with van der Waals surface area (Å²) in [6.45, 7) is 7.05. The molecule has 2 aromatic carbocycles. The minimum absolute atomic E-state index is 0.239. The van der Waals surface area contributed by atoms with E-state index in [1.165, 1.54) is 5.56 Å². The predicted molar refractivity (Wildman–Crippen MR) is 121 cm³/mol. The van der Waals surface area contributed by atoms with Gasteiger partial charge in [0.1, 0.15) is 11.4 Å². The van der Waals surface area contributed by atoms with Crippen LogP contribution in [0.3, 0.4) is 0 Å². The van der Waals surface area contributed by atoms with Crippen molar-refractivity contribution in [3.63, 3.8) is 0 Å². The van der Waals surface area contributed by atoms with E-state index < -0.39 is 5.60 Å². The smallest absolute Gasteiger partial charge is 0.410 e. The molecule has 31 heavy (non-hydrogen) atoms. The molecule has 0 aromatic heterocycles. The average molecular weight is 421 g/mol. The summed E-state index contributed by atoms with van der Waals surface area (Å²) in [5.41, 5.74) is 2.61. The van der Waals surface area contributed by atoms with Crippen LogP contribution < -0.4 is 4.74 Å². The lowest BCUT2D eigenvalue weighted by atomic mass is 9.77. The molecule has 0 bridgehead atoms. The highest BCUT2D eigenvalue weighted by atomic mass is 16.6. The first-order valence-corrected chi connectivity index (χ1v) is 10.9. The Morgan fingerprint density at radius 1 is 1.19 bits per heavy atom. The molecule has 0 radical (unpaired) electrons. The molecule has 1 heterocycles. The van der Waals surface area contributed by atoms with Gasteiger partial charge in [-0.1, -0.05) is 24.3 Å². The Morgan fingerprint density at radius 2 is 1.94 bits per heavy atom. The third kappa shape index (κ3) is 6.24. The molecule has 1 amide bonds. The topological polar surface area (TPSA) is 62.6 Å². The van der Waals surface area contributed by atoms with Gasteiger partial charge in [-0.15, -0.1) is 0 Å². The van der Waals surface area contributed by atoms with Crippen molar-refractivity contribution >= 4 is 6.09 Å². The van der Waals surface area contributed by atoms with Crippen molar-refractivity contribution in [1.29, 1.82) is 5.26 Å². The Labute approximate surface area is 185 Å². The predicted octanol–water partition coefficient (Wildman–Crippen LogP) is 5.54. The van der Waals surface area contributed by atoms with Crippen LogP contribution in [0.5, 0.6) is 5.75 Å². The molecule has 164 valence electrons. The average Bonchev–Trinajstić information content (AvgIpc) is 2.76. The first-order chi connectivity index (χ1) is 14.8. The highest BCUT2D eigenvalue weighted by molar-refractivity contribution is 5.68. The zero-order valence-electron chi connectivity index (χ0n) is 18.9. The Hall–Kier alpha value is -3.00. The normalized spacial score (nSPS) is 18.9. The van der Waals surface area contributed by atoms with Crippen molar-refractivity contribution in [2.45, 2.75) is 51.6 Å². The number of ether oxygens (including phenoxy) is 2. The van der Waals surface area contributed by atoms with Crippen molar-refractivity contribution in [1.82, 2.24) is 4.90 Å². The molecule has 2 aromatic rings. The van der Waals surface area contributed by atoms with Crippen molar-refractivity contribution in [3.8, 4) is 11.8 Å². The summed E-state index contributed by atoms with van der Waals surface area (Å²) in [6, 6.07) is 18.3. The van der Waals surface area contributed by atoms with Crippen LogP contribution in [0, 0.1) is 17.2 Å². The molecular formula is C26H32N2O3. The van der Waals surface area contributed by atoms with Crippen LogP contribution >= 0.6 is 0 Å². The third-order valence-electron chi connectivity index (χ3n) is 5.79. The Balaban J connectivity index is 1.77. The number of hydrogen-bond donors (Lipinski definition) is 0. The number of carbonyl (C=O) groups is 1. The molecule has 1 fully saturated rings. The van der Waals surface area contributed by atoms with Gasteiger partial charge in [0.25, 0.3) is 0 Å². The number of piperidine rings is 1. The molecule has 0 N–H and O–H groups in total. The van der Waals surface area contributed by atoms with Gasteiger partial charge in [0.2, 0.25) is 0 Å². The molecule has 0 aliphatic carbocycles. The van der Waals surface area contributed by atoms with Crippen molar-refractivity contribution < 1.29 is 14.3 Å². The number of hydrogen-bond acceptors (Lipinski definition) is 4. The monoisotopic (exact) mass is 420 g/mol. The Bertz CT molecular complexity index is 925. The molecule has 5 heteroatoms. The van der Waals surface area contributed by atoms with E-state index in [0.717, 1.165) is 30.6 Å². The largest absolute Gasteiger partial charge is 0.497 e. The molecule has 0 unspecified atom stereocenters. The molecule has 1 aliphatic rings.